The largest absolute Gasteiger partial charge is 0.457 e. The average Bonchev–Trinajstić information content (AvgIpc) is 2.76. The molecular formula is C18H26O3. The Kier molecular flexibility index (Phi) is 4.14. The highest BCUT2D eigenvalue weighted by atomic mass is 16.5. The molecule has 2 rings (SSSR count). The normalized spacial score (nSPS) is 30.4. The average molecular weight is 290 g/mol. The summed E-state index contributed by atoms with van der Waals surface area (Å²) >= 11 is 0. The molecule has 3 unspecified atom stereocenters. The van der Waals surface area contributed by atoms with Gasteiger partial charge in [0, 0.05) is 0 Å². The summed E-state index contributed by atoms with van der Waals surface area (Å²) in [5.41, 5.74) is 2.96. The van der Waals surface area contributed by atoms with Crippen molar-refractivity contribution in [3.63, 3.8) is 0 Å². The molecule has 21 heavy (non-hydrogen) atoms. The third-order valence-corrected chi connectivity index (χ3v) is 4.96. The molecule has 1 fully saturated rings. The highest BCUT2D eigenvalue weighted by Crippen LogP contribution is 2.60. The third kappa shape index (κ3) is 2.83. The number of carbonyl (C=O) groups is 2. The summed E-state index contributed by atoms with van der Waals surface area (Å²) < 4.78 is 5.65. The molecule has 116 valence electrons. The molecule has 0 aliphatic heterocycles. The lowest BCUT2D eigenvalue weighted by atomic mass is 10.1. The molecule has 0 aromatic heterocycles. The lowest BCUT2D eigenvalue weighted by molar-refractivity contribution is -0.150. The number of ketones is 1. The van der Waals surface area contributed by atoms with Gasteiger partial charge in [0.15, 0.2) is 5.78 Å². The van der Waals surface area contributed by atoms with Crippen LogP contribution in [0.3, 0.4) is 0 Å². The predicted octanol–water partition coefficient (Wildman–Crippen LogP) is 3.84. The third-order valence-electron chi connectivity index (χ3n) is 4.96. The quantitative estimate of drug-likeness (QED) is 0.583. The summed E-state index contributed by atoms with van der Waals surface area (Å²) in [6.07, 6.45) is 2.85. The molecule has 0 aromatic rings. The maximum absolute atomic E-state index is 12.4. The molecular weight excluding hydrogens is 264 g/mol. The Morgan fingerprint density at radius 1 is 1.38 bits per heavy atom. The minimum Gasteiger partial charge on any atom is -0.457 e. The van der Waals surface area contributed by atoms with Crippen molar-refractivity contribution in [1.82, 2.24) is 0 Å². The predicted molar refractivity (Wildman–Crippen MR) is 82.7 cm³/mol. The van der Waals surface area contributed by atoms with E-state index in [1.807, 2.05) is 27.7 Å². The van der Waals surface area contributed by atoms with Gasteiger partial charge in [-0.2, -0.15) is 0 Å². The van der Waals surface area contributed by atoms with Gasteiger partial charge in [-0.15, -0.1) is 0 Å². The van der Waals surface area contributed by atoms with Crippen LogP contribution in [0.2, 0.25) is 0 Å². The standard InChI is InChI=1S/C18H26O3/c1-7-12-11(4)15(9-14(12)19)21-17(20)16-13(8-10(2)3)18(16,5)6/h8,13,15-16H,7,9H2,1-6H3. The Balaban J connectivity index is 2.06. The smallest absolute Gasteiger partial charge is 0.310 e. The molecule has 3 atom stereocenters. The van der Waals surface area contributed by atoms with Gasteiger partial charge in [-0.3, -0.25) is 9.59 Å². The van der Waals surface area contributed by atoms with Gasteiger partial charge in [0.1, 0.15) is 6.10 Å². The molecule has 0 radical (unpaired) electrons. The van der Waals surface area contributed by atoms with E-state index < -0.39 is 0 Å². The molecule has 0 saturated heterocycles. The zero-order chi connectivity index (χ0) is 15.9. The number of rotatable bonds is 4. The molecule has 0 heterocycles. The van der Waals surface area contributed by atoms with E-state index in [-0.39, 0.29) is 35.1 Å². The van der Waals surface area contributed by atoms with Gasteiger partial charge in [-0.05, 0) is 49.7 Å². The minimum atomic E-state index is -0.344. The summed E-state index contributed by atoms with van der Waals surface area (Å²) in [6.45, 7) is 12.2. The van der Waals surface area contributed by atoms with Crippen LogP contribution in [0, 0.1) is 17.3 Å². The molecule has 2 aliphatic carbocycles. The summed E-state index contributed by atoms with van der Waals surface area (Å²) in [5, 5.41) is 0. The maximum atomic E-state index is 12.4. The van der Waals surface area contributed by atoms with Gasteiger partial charge in [-0.25, -0.2) is 0 Å². The van der Waals surface area contributed by atoms with Crippen molar-refractivity contribution < 1.29 is 14.3 Å². The molecule has 0 amide bonds. The topological polar surface area (TPSA) is 43.4 Å². The first kappa shape index (κ1) is 16.0. The lowest BCUT2D eigenvalue weighted by Crippen LogP contribution is -2.20. The lowest BCUT2D eigenvalue weighted by Gasteiger charge is -2.13. The van der Waals surface area contributed by atoms with Crippen molar-refractivity contribution in [3.8, 4) is 0 Å². The van der Waals surface area contributed by atoms with Crippen molar-refractivity contribution in [2.75, 3.05) is 0 Å². The number of hydrogen-bond acceptors (Lipinski definition) is 3. The van der Waals surface area contributed by atoms with Gasteiger partial charge < -0.3 is 4.74 Å². The van der Waals surface area contributed by atoms with Gasteiger partial charge in [-0.1, -0.05) is 32.4 Å². The number of esters is 1. The number of Topliss-reactive ketones (excluding diaryl/α,β-unsaturated/α-hetero) is 1. The Morgan fingerprint density at radius 3 is 2.48 bits per heavy atom. The highest BCUT2D eigenvalue weighted by Gasteiger charge is 2.61. The van der Waals surface area contributed by atoms with Crippen molar-refractivity contribution in [3.05, 3.63) is 22.8 Å². The summed E-state index contributed by atoms with van der Waals surface area (Å²) in [4.78, 5) is 24.3. The fraction of sp³-hybridized carbons (Fsp3) is 0.667. The van der Waals surface area contributed by atoms with Crippen LogP contribution in [0.4, 0.5) is 0 Å². The summed E-state index contributed by atoms with van der Waals surface area (Å²) in [6, 6.07) is 0. The van der Waals surface area contributed by atoms with E-state index in [0.29, 0.717) is 12.8 Å². The number of carbonyl (C=O) groups excluding carboxylic acids is 2. The summed E-state index contributed by atoms with van der Waals surface area (Å²) in [7, 11) is 0. The van der Waals surface area contributed by atoms with E-state index in [2.05, 4.69) is 19.9 Å². The van der Waals surface area contributed by atoms with Gasteiger partial charge >= 0.3 is 5.97 Å². The first-order valence-electron chi connectivity index (χ1n) is 7.78. The van der Waals surface area contributed by atoms with Gasteiger partial charge in [0.25, 0.3) is 0 Å². The monoisotopic (exact) mass is 290 g/mol. The van der Waals surface area contributed by atoms with Crippen molar-refractivity contribution in [2.24, 2.45) is 17.3 Å². The van der Waals surface area contributed by atoms with E-state index in [0.717, 1.165) is 11.1 Å². The first-order valence-corrected chi connectivity index (χ1v) is 7.78. The summed E-state index contributed by atoms with van der Waals surface area (Å²) in [5.74, 6) is 0.142. The van der Waals surface area contributed by atoms with Crippen LogP contribution >= 0.6 is 0 Å². The van der Waals surface area contributed by atoms with Crippen LogP contribution in [0.25, 0.3) is 0 Å². The molecule has 0 N–H and O–H groups in total. The SMILES string of the molecule is CCC1=C(C)C(OC(=O)C2C(C=C(C)C)C2(C)C)CC1=O. The van der Waals surface area contributed by atoms with Crippen LogP contribution < -0.4 is 0 Å². The fourth-order valence-electron chi connectivity index (χ4n) is 3.48. The zero-order valence-corrected chi connectivity index (χ0v) is 13.9. The Morgan fingerprint density at radius 2 is 2.00 bits per heavy atom. The second kappa shape index (κ2) is 5.43. The van der Waals surface area contributed by atoms with Crippen LogP contribution in [-0.4, -0.2) is 17.9 Å². The fourth-order valence-corrected chi connectivity index (χ4v) is 3.48. The van der Waals surface area contributed by atoms with E-state index in [1.54, 1.807) is 0 Å². The number of allylic oxidation sites excluding steroid dienone is 3. The zero-order valence-electron chi connectivity index (χ0n) is 13.9. The molecule has 2 aliphatic rings. The van der Waals surface area contributed by atoms with E-state index in [4.69, 9.17) is 4.74 Å². The molecule has 3 heteroatoms. The second-order valence-electron chi connectivity index (χ2n) is 7.14. The Bertz CT molecular complexity index is 533. The number of ether oxygens (including phenoxy) is 1. The van der Waals surface area contributed by atoms with Crippen LogP contribution in [-0.2, 0) is 14.3 Å². The van der Waals surface area contributed by atoms with Crippen molar-refractivity contribution in [1.29, 1.82) is 0 Å². The van der Waals surface area contributed by atoms with E-state index >= 15 is 0 Å². The van der Waals surface area contributed by atoms with E-state index in [9.17, 15) is 9.59 Å². The van der Waals surface area contributed by atoms with Crippen LogP contribution in [0.15, 0.2) is 22.8 Å². The minimum absolute atomic E-state index is 0.0395. The Hall–Kier alpha value is -1.38. The number of hydrogen-bond donors (Lipinski definition) is 0. The molecule has 1 saturated carbocycles. The molecule has 0 bridgehead atoms. The van der Waals surface area contributed by atoms with Crippen molar-refractivity contribution in [2.45, 2.75) is 60.5 Å². The van der Waals surface area contributed by atoms with Gasteiger partial charge in [0.2, 0.25) is 0 Å². The van der Waals surface area contributed by atoms with Gasteiger partial charge in [0.05, 0.1) is 12.3 Å². The maximum Gasteiger partial charge on any atom is 0.310 e. The molecule has 0 spiro atoms. The molecule has 3 nitrogen and oxygen atoms in total. The van der Waals surface area contributed by atoms with Crippen LogP contribution in [0.5, 0.6) is 0 Å². The van der Waals surface area contributed by atoms with Crippen LogP contribution in [0.1, 0.15) is 54.4 Å². The highest BCUT2D eigenvalue weighted by molar-refractivity contribution is 5.99. The molecule has 0 aromatic carbocycles. The first-order chi connectivity index (χ1) is 9.70. The Labute approximate surface area is 127 Å². The second-order valence-corrected chi connectivity index (χ2v) is 7.14. The van der Waals surface area contributed by atoms with E-state index in [1.165, 1.54) is 5.57 Å². The van der Waals surface area contributed by atoms with Crippen molar-refractivity contribution >= 4 is 11.8 Å².